The molecule has 0 aliphatic carbocycles. The van der Waals surface area contributed by atoms with E-state index in [1.807, 2.05) is 35.3 Å². The molecule has 7 heteroatoms. The molecule has 152 valence electrons. The Balaban J connectivity index is 1.59. The summed E-state index contributed by atoms with van der Waals surface area (Å²) in [6.07, 6.45) is 0.329. The summed E-state index contributed by atoms with van der Waals surface area (Å²) in [6.45, 7) is 0. The normalized spacial score (nSPS) is 19.6. The summed E-state index contributed by atoms with van der Waals surface area (Å²) in [4.78, 5) is 0. The van der Waals surface area contributed by atoms with Crippen molar-refractivity contribution in [3.05, 3.63) is 92.1 Å². The van der Waals surface area contributed by atoms with Gasteiger partial charge in [-0.2, -0.15) is 5.10 Å². The van der Waals surface area contributed by atoms with Gasteiger partial charge < -0.3 is 9.47 Å². The molecule has 0 amide bonds. The number of fused-ring (bicyclic) bond motifs is 3. The van der Waals surface area contributed by atoms with Crippen LogP contribution in [0.15, 0.2) is 74.7 Å². The van der Waals surface area contributed by atoms with E-state index in [0.717, 1.165) is 42.8 Å². The summed E-state index contributed by atoms with van der Waals surface area (Å²) >= 11 is 7.13. The van der Waals surface area contributed by atoms with Gasteiger partial charge in [-0.25, -0.2) is 9.40 Å². The monoisotopic (exact) mass is 530 g/mol. The molecule has 2 atom stereocenters. The lowest BCUT2D eigenvalue weighted by Crippen LogP contribution is -2.33. The Kier molecular flexibility index (Phi) is 5.03. The quantitative estimate of drug-likeness (QED) is 0.381. The summed E-state index contributed by atoms with van der Waals surface area (Å²) in [7, 11) is 1.64. The molecule has 0 aromatic heterocycles. The third-order valence-corrected chi connectivity index (χ3v) is 6.50. The van der Waals surface area contributed by atoms with Crippen LogP contribution in [0.25, 0.3) is 0 Å². The Morgan fingerprint density at radius 1 is 1.07 bits per heavy atom. The van der Waals surface area contributed by atoms with Crippen molar-refractivity contribution in [1.29, 1.82) is 0 Å². The van der Waals surface area contributed by atoms with Crippen LogP contribution in [0.1, 0.15) is 35.4 Å². The molecule has 0 fully saturated rings. The molecule has 3 aromatic rings. The number of methoxy groups -OCH3 is 1. The third kappa shape index (κ3) is 3.40. The maximum absolute atomic E-state index is 13.4. The van der Waals surface area contributed by atoms with E-state index in [4.69, 9.17) is 14.6 Å². The van der Waals surface area contributed by atoms with Crippen LogP contribution in [0.4, 0.5) is 4.39 Å². The molecular formula is C23H17Br2FN2O2. The van der Waals surface area contributed by atoms with Gasteiger partial charge >= 0.3 is 0 Å². The number of nitrogens with zero attached hydrogens (tertiary/aromatic N) is 2. The fourth-order valence-corrected chi connectivity index (χ4v) is 4.87. The van der Waals surface area contributed by atoms with Crippen molar-refractivity contribution in [3.63, 3.8) is 0 Å². The molecule has 2 heterocycles. The van der Waals surface area contributed by atoms with Crippen LogP contribution in [0, 0.1) is 5.82 Å². The lowest BCUT2D eigenvalue weighted by atomic mass is 9.96. The van der Waals surface area contributed by atoms with Crippen molar-refractivity contribution in [2.24, 2.45) is 5.10 Å². The first-order chi connectivity index (χ1) is 14.5. The second-order valence-electron chi connectivity index (χ2n) is 7.20. The SMILES string of the molecule is COc1ccc([C@@H]2Oc3ccc(Br)cc3[C@H]3CC(c4ccc(F)cc4)=NN32)cc1Br. The van der Waals surface area contributed by atoms with E-state index in [2.05, 4.69) is 37.9 Å². The molecule has 0 radical (unpaired) electrons. The Hall–Kier alpha value is -2.38. The van der Waals surface area contributed by atoms with Gasteiger partial charge in [-0.3, -0.25) is 0 Å². The van der Waals surface area contributed by atoms with Crippen LogP contribution in [0.5, 0.6) is 11.5 Å². The van der Waals surface area contributed by atoms with Gasteiger partial charge in [-0.05, 0) is 70.0 Å². The van der Waals surface area contributed by atoms with Crippen molar-refractivity contribution in [1.82, 2.24) is 5.01 Å². The maximum atomic E-state index is 13.4. The van der Waals surface area contributed by atoms with Gasteiger partial charge in [0.25, 0.3) is 0 Å². The summed E-state index contributed by atoms with van der Waals surface area (Å²) < 4.78 is 27.0. The highest BCUT2D eigenvalue weighted by Gasteiger charge is 2.41. The first-order valence-corrected chi connectivity index (χ1v) is 11.0. The number of rotatable bonds is 3. The van der Waals surface area contributed by atoms with Crippen LogP contribution < -0.4 is 9.47 Å². The molecule has 0 saturated heterocycles. The fraction of sp³-hybridized carbons (Fsp3) is 0.174. The minimum Gasteiger partial charge on any atom is -0.496 e. The zero-order valence-electron chi connectivity index (χ0n) is 16.0. The van der Waals surface area contributed by atoms with Gasteiger partial charge in [0.2, 0.25) is 6.23 Å². The lowest BCUT2D eigenvalue weighted by Gasteiger charge is -2.38. The molecule has 2 aliphatic rings. The van der Waals surface area contributed by atoms with Crippen molar-refractivity contribution < 1.29 is 13.9 Å². The van der Waals surface area contributed by atoms with Gasteiger partial charge in [0.1, 0.15) is 17.3 Å². The molecule has 0 bridgehead atoms. The number of hydrogen-bond donors (Lipinski definition) is 0. The zero-order chi connectivity index (χ0) is 20.8. The Bertz CT molecular complexity index is 1150. The highest BCUT2D eigenvalue weighted by Crippen LogP contribution is 2.48. The predicted molar refractivity (Wildman–Crippen MR) is 120 cm³/mol. The molecule has 0 unspecified atom stereocenters. The maximum Gasteiger partial charge on any atom is 0.213 e. The molecular weight excluding hydrogens is 515 g/mol. The summed E-state index contributed by atoms with van der Waals surface area (Å²) in [5, 5.41) is 6.91. The summed E-state index contributed by atoms with van der Waals surface area (Å²) in [6, 6.07) is 18.4. The van der Waals surface area contributed by atoms with E-state index in [1.54, 1.807) is 19.2 Å². The molecule has 0 spiro atoms. The minimum atomic E-state index is -0.385. The van der Waals surface area contributed by atoms with Crippen molar-refractivity contribution >= 4 is 37.6 Å². The topological polar surface area (TPSA) is 34.1 Å². The van der Waals surface area contributed by atoms with Gasteiger partial charge in [0, 0.05) is 22.0 Å². The Morgan fingerprint density at radius 3 is 2.60 bits per heavy atom. The van der Waals surface area contributed by atoms with Crippen molar-refractivity contribution in [3.8, 4) is 11.5 Å². The highest BCUT2D eigenvalue weighted by molar-refractivity contribution is 9.10. The number of benzene rings is 3. The van der Waals surface area contributed by atoms with Crippen LogP contribution in [0.2, 0.25) is 0 Å². The average Bonchev–Trinajstić information content (AvgIpc) is 3.19. The van der Waals surface area contributed by atoms with E-state index >= 15 is 0 Å². The van der Waals surface area contributed by atoms with E-state index in [9.17, 15) is 4.39 Å². The van der Waals surface area contributed by atoms with E-state index in [1.165, 1.54) is 12.1 Å². The van der Waals surface area contributed by atoms with Gasteiger partial charge in [-0.1, -0.05) is 28.1 Å². The highest BCUT2D eigenvalue weighted by atomic mass is 79.9. The molecule has 2 aliphatic heterocycles. The van der Waals surface area contributed by atoms with Gasteiger partial charge in [-0.15, -0.1) is 0 Å². The van der Waals surface area contributed by atoms with E-state index in [0.29, 0.717) is 6.42 Å². The number of ether oxygens (including phenoxy) is 2. The Labute approximate surface area is 190 Å². The first-order valence-electron chi connectivity index (χ1n) is 9.45. The average molecular weight is 532 g/mol. The van der Waals surface area contributed by atoms with Crippen LogP contribution in [-0.2, 0) is 0 Å². The van der Waals surface area contributed by atoms with E-state index < -0.39 is 0 Å². The van der Waals surface area contributed by atoms with Gasteiger partial charge in [0.15, 0.2) is 0 Å². The van der Waals surface area contributed by atoms with Crippen LogP contribution >= 0.6 is 31.9 Å². The van der Waals surface area contributed by atoms with Crippen LogP contribution in [0.3, 0.4) is 0 Å². The number of halogens is 3. The molecule has 30 heavy (non-hydrogen) atoms. The number of hydrazone groups is 1. The smallest absolute Gasteiger partial charge is 0.213 e. The van der Waals surface area contributed by atoms with Gasteiger partial charge in [0.05, 0.1) is 23.3 Å². The fourth-order valence-electron chi connectivity index (χ4n) is 3.93. The second kappa shape index (κ2) is 7.71. The number of hydrogen-bond acceptors (Lipinski definition) is 4. The molecule has 4 nitrogen and oxygen atoms in total. The summed E-state index contributed by atoms with van der Waals surface area (Å²) in [5.41, 5.74) is 3.87. The Morgan fingerprint density at radius 2 is 1.87 bits per heavy atom. The molecule has 0 N–H and O–H groups in total. The van der Waals surface area contributed by atoms with Crippen molar-refractivity contribution in [2.45, 2.75) is 18.7 Å². The second-order valence-corrected chi connectivity index (χ2v) is 8.97. The van der Waals surface area contributed by atoms with E-state index in [-0.39, 0.29) is 18.1 Å². The molecule has 0 saturated carbocycles. The lowest BCUT2D eigenvalue weighted by molar-refractivity contribution is -0.0191. The minimum absolute atomic E-state index is 0.0252. The molecule has 3 aromatic carbocycles. The predicted octanol–water partition coefficient (Wildman–Crippen LogP) is 6.60. The summed E-state index contributed by atoms with van der Waals surface area (Å²) in [5.74, 6) is 1.34. The van der Waals surface area contributed by atoms with Crippen molar-refractivity contribution in [2.75, 3.05) is 7.11 Å². The third-order valence-electron chi connectivity index (χ3n) is 5.39. The largest absolute Gasteiger partial charge is 0.496 e. The first kappa shape index (κ1) is 19.6. The zero-order valence-corrected chi connectivity index (χ0v) is 19.2. The standard InChI is InChI=1S/C23H17Br2FN2O2/c1-29-22-8-4-14(10-18(22)25)23-28-20(17-11-15(24)5-9-21(17)30-23)12-19(27-28)13-2-6-16(26)7-3-13/h2-11,20,23H,12H2,1H3/t20-,23+/m1/s1. The molecule has 5 rings (SSSR count). The van der Waals surface area contributed by atoms with Crippen LogP contribution in [-0.4, -0.2) is 17.8 Å².